The first-order chi connectivity index (χ1) is 11.5. The molecule has 1 aromatic heterocycles. The lowest BCUT2D eigenvalue weighted by molar-refractivity contribution is 0.0275. The van der Waals surface area contributed by atoms with Crippen LogP contribution in [0.2, 0.25) is 5.02 Å². The number of pyridine rings is 1. The van der Waals surface area contributed by atoms with Gasteiger partial charge in [-0.3, -0.25) is 4.79 Å². The number of carbonyl (C=O) groups is 1. The quantitative estimate of drug-likeness (QED) is 0.790. The molecule has 8 heteroatoms. The molecule has 3 rings (SSSR count). The number of nitrogen functional groups attached to an aromatic ring is 1. The zero-order valence-electron chi connectivity index (χ0n) is 12.7. The highest BCUT2D eigenvalue weighted by Crippen LogP contribution is 2.24. The van der Waals surface area contributed by atoms with E-state index in [-0.39, 0.29) is 28.3 Å². The van der Waals surface area contributed by atoms with Crippen molar-refractivity contribution < 1.29 is 13.9 Å². The minimum atomic E-state index is -0.591. The lowest BCUT2D eigenvalue weighted by atomic mass is 10.1. The molecule has 0 radical (unpaired) electrons. The maximum absolute atomic E-state index is 14.3. The number of morpholine rings is 1. The summed E-state index contributed by atoms with van der Waals surface area (Å²) in [6.07, 6.45) is -0.201. The van der Waals surface area contributed by atoms with Crippen molar-refractivity contribution in [1.82, 2.24) is 10.3 Å². The van der Waals surface area contributed by atoms with Gasteiger partial charge in [0.15, 0.2) is 0 Å². The molecule has 0 unspecified atom stereocenters. The lowest BCUT2D eigenvalue weighted by Gasteiger charge is -2.24. The van der Waals surface area contributed by atoms with Crippen molar-refractivity contribution in [2.24, 2.45) is 0 Å². The molecule has 0 bridgehead atoms. The monoisotopic (exact) mass is 350 g/mol. The Bertz CT molecular complexity index is 745. The van der Waals surface area contributed by atoms with Crippen LogP contribution in [0, 0.1) is 5.82 Å². The molecule has 0 aliphatic carbocycles. The highest BCUT2D eigenvalue weighted by molar-refractivity contribution is 6.31. The van der Waals surface area contributed by atoms with Crippen molar-refractivity contribution >= 4 is 29.0 Å². The van der Waals surface area contributed by atoms with Gasteiger partial charge in [-0.15, -0.1) is 0 Å². The summed E-state index contributed by atoms with van der Waals surface area (Å²) in [4.78, 5) is 16.0. The predicted octanol–water partition coefficient (Wildman–Crippen LogP) is 2.37. The number of carbonyl (C=O) groups excluding carboxylic acids is 1. The molecule has 1 aromatic carbocycles. The van der Waals surface area contributed by atoms with Crippen molar-refractivity contribution in [2.75, 3.05) is 30.7 Å². The van der Waals surface area contributed by atoms with E-state index in [1.807, 2.05) is 0 Å². The number of nitrogens with two attached hydrogens (primary N) is 1. The Morgan fingerprint density at radius 2 is 2.25 bits per heavy atom. The molecule has 0 saturated carbocycles. The smallest absolute Gasteiger partial charge is 0.274 e. The van der Waals surface area contributed by atoms with E-state index in [4.69, 9.17) is 22.1 Å². The Morgan fingerprint density at radius 1 is 1.42 bits per heavy atom. The van der Waals surface area contributed by atoms with Gasteiger partial charge >= 0.3 is 0 Å². The number of nitrogens with one attached hydrogen (secondary N) is 2. The second-order valence-electron chi connectivity index (χ2n) is 5.35. The Hall–Kier alpha value is -2.22. The topological polar surface area (TPSA) is 89.3 Å². The summed E-state index contributed by atoms with van der Waals surface area (Å²) in [5, 5.41) is 5.93. The minimum Gasteiger partial charge on any atom is -0.384 e. The molecule has 1 aliphatic rings. The number of aromatic nitrogens is 1. The first kappa shape index (κ1) is 16.6. The number of rotatable bonds is 3. The number of ether oxygens (including phenoxy) is 1. The number of nitrogens with zero attached hydrogens (tertiary/aromatic N) is 1. The van der Waals surface area contributed by atoms with Gasteiger partial charge in [0.1, 0.15) is 17.3 Å². The normalized spacial score (nSPS) is 17.5. The van der Waals surface area contributed by atoms with E-state index in [1.165, 1.54) is 24.3 Å². The van der Waals surface area contributed by atoms with Gasteiger partial charge in [-0.05, 0) is 29.8 Å². The Labute approximate surface area is 143 Å². The van der Waals surface area contributed by atoms with Crippen LogP contribution in [-0.4, -0.2) is 30.6 Å². The van der Waals surface area contributed by atoms with E-state index in [2.05, 4.69) is 15.6 Å². The average Bonchev–Trinajstić information content (AvgIpc) is 2.56. The summed E-state index contributed by atoms with van der Waals surface area (Å²) in [5.41, 5.74) is 6.33. The maximum Gasteiger partial charge on any atom is 0.274 e. The predicted molar refractivity (Wildman–Crippen MR) is 89.6 cm³/mol. The SMILES string of the molecule is Nc1cc(Cl)cc(C(=O)Nc2ccc([C@H]3CNCCO3)cc2F)n1. The van der Waals surface area contributed by atoms with Crippen molar-refractivity contribution in [3.05, 3.63) is 52.4 Å². The lowest BCUT2D eigenvalue weighted by Crippen LogP contribution is -2.33. The van der Waals surface area contributed by atoms with Gasteiger partial charge in [0, 0.05) is 18.1 Å². The molecule has 126 valence electrons. The van der Waals surface area contributed by atoms with Crippen molar-refractivity contribution in [1.29, 1.82) is 0 Å². The van der Waals surface area contributed by atoms with Gasteiger partial charge < -0.3 is 21.1 Å². The zero-order chi connectivity index (χ0) is 17.1. The van der Waals surface area contributed by atoms with Crippen LogP contribution in [-0.2, 0) is 4.74 Å². The number of hydrogen-bond acceptors (Lipinski definition) is 5. The highest BCUT2D eigenvalue weighted by Gasteiger charge is 2.18. The van der Waals surface area contributed by atoms with E-state index in [9.17, 15) is 9.18 Å². The van der Waals surface area contributed by atoms with E-state index in [1.54, 1.807) is 6.07 Å². The summed E-state index contributed by atoms with van der Waals surface area (Å²) in [6, 6.07) is 7.35. The molecular weight excluding hydrogens is 335 g/mol. The molecule has 6 nitrogen and oxygen atoms in total. The molecule has 1 aliphatic heterocycles. The van der Waals surface area contributed by atoms with Gasteiger partial charge in [-0.25, -0.2) is 9.37 Å². The fourth-order valence-corrected chi connectivity index (χ4v) is 2.65. The van der Waals surface area contributed by atoms with Gasteiger partial charge in [-0.1, -0.05) is 17.7 Å². The summed E-state index contributed by atoms with van der Waals surface area (Å²) >= 11 is 5.84. The summed E-state index contributed by atoms with van der Waals surface area (Å²) in [6.45, 7) is 1.98. The Balaban J connectivity index is 1.76. The second-order valence-corrected chi connectivity index (χ2v) is 5.79. The van der Waals surface area contributed by atoms with Crippen molar-refractivity contribution in [2.45, 2.75) is 6.10 Å². The van der Waals surface area contributed by atoms with Gasteiger partial charge in [0.2, 0.25) is 0 Å². The summed E-state index contributed by atoms with van der Waals surface area (Å²) in [7, 11) is 0. The third kappa shape index (κ3) is 3.81. The number of hydrogen-bond donors (Lipinski definition) is 3. The molecular formula is C16H16ClFN4O2. The molecule has 1 amide bonds. The first-order valence-corrected chi connectivity index (χ1v) is 7.77. The molecule has 2 aromatic rings. The van der Waals surface area contributed by atoms with Crippen molar-refractivity contribution in [3.8, 4) is 0 Å². The van der Waals surface area contributed by atoms with E-state index in [0.717, 1.165) is 6.54 Å². The van der Waals surface area contributed by atoms with Gasteiger partial charge in [0.25, 0.3) is 5.91 Å². The van der Waals surface area contributed by atoms with E-state index >= 15 is 0 Å². The Kier molecular flexibility index (Phi) is 4.94. The van der Waals surface area contributed by atoms with Crippen LogP contribution in [0.3, 0.4) is 0 Å². The first-order valence-electron chi connectivity index (χ1n) is 7.39. The standard InChI is InChI=1S/C16H16ClFN4O2/c17-10-6-13(21-15(19)7-10)16(23)22-12-2-1-9(5-11(12)18)14-8-20-3-4-24-14/h1-2,5-7,14,20H,3-4,8H2,(H2,19,21)(H,22,23)/t14-/m1/s1. The fourth-order valence-electron chi connectivity index (χ4n) is 2.43. The molecule has 2 heterocycles. The molecule has 1 fully saturated rings. The second kappa shape index (κ2) is 7.12. The fraction of sp³-hybridized carbons (Fsp3) is 0.250. The third-order valence-electron chi connectivity index (χ3n) is 3.58. The third-order valence-corrected chi connectivity index (χ3v) is 3.80. The zero-order valence-corrected chi connectivity index (χ0v) is 13.4. The molecule has 0 spiro atoms. The van der Waals surface area contributed by atoms with Crippen LogP contribution >= 0.6 is 11.6 Å². The van der Waals surface area contributed by atoms with Gasteiger partial charge in [-0.2, -0.15) is 0 Å². The highest BCUT2D eigenvalue weighted by atomic mass is 35.5. The maximum atomic E-state index is 14.3. The molecule has 4 N–H and O–H groups in total. The van der Waals surface area contributed by atoms with E-state index in [0.29, 0.717) is 18.7 Å². The number of benzene rings is 1. The minimum absolute atomic E-state index is 0.0169. The Morgan fingerprint density at radius 3 is 2.92 bits per heavy atom. The molecule has 1 atom stereocenters. The van der Waals surface area contributed by atoms with Crippen LogP contribution in [0.25, 0.3) is 0 Å². The summed E-state index contributed by atoms with van der Waals surface area (Å²) < 4.78 is 19.9. The van der Waals surface area contributed by atoms with E-state index < -0.39 is 11.7 Å². The average molecular weight is 351 g/mol. The van der Waals surface area contributed by atoms with Gasteiger partial charge in [0.05, 0.1) is 18.4 Å². The number of amides is 1. The number of halogens is 2. The van der Waals surface area contributed by atoms with Crippen LogP contribution in [0.15, 0.2) is 30.3 Å². The van der Waals surface area contributed by atoms with Crippen LogP contribution in [0.4, 0.5) is 15.9 Å². The number of anilines is 2. The molecule has 1 saturated heterocycles. The van der Waals surface area contributed by atoms with Crippen LogP contribution < -0.4 is 16.4 Å². The molecule has 24 heavy (non-hydrogen) atoms. The van der Waals surface area contributed by atoms with Crippen molar-refractivity contribution in [3.63, 3.8) is 0 Å². The largest absolute Gasteiger partial charge is 0.384 e. The van der Waals surface area contributed by atoms with Crippen LogP contribution in [0.1, 0.15) is 22.2 Å². The van der Waals surface area contributed by atoms with Crippen LogP contribution in [0.5, 0.6) is 0 Å². The summed E-state index contributed by atoms with van der Waals surface area (Å²) in [5.74, 6) is -1.03.